The summed E-state index contributed by atoms with van der Waals surface area (Å²) in [4.78, 5) is 7.37. The zero-order valence-electron chi connectivity index (χ0n) is 32.4. The first kappa shape index (κ1) is 33.9. The number of benzene rings is 9. The average molecular weight is 770 g/mol. The van der Waals surface area contributed by atoms with Crippen LogP contribution < -0.4 is 4.90 Å². The maximum atomic E-state index is 6.36. The fourth-order valence-corrected chi connectivity index (χ4v) is 8.85. The highest BCUT2D eigenvalue weighted by Gasteiger charge is 2.22. The van der Waals surface area contributed by atoms with Crippen molar-refractivity contribution in [3.63, 3.8) is 0 Å². The van der Waals surface area contributed by atoms with E-state index in [0.717, 1.165) is 83.6 Å². The Bertz CT molecular complexity index is 3530. The van der Waals surface area contributed by atoms with Crippen molar-refractivity contribution in [1.29, 1.82) is 0 Å². The molecule has 12 rings (SSSR count). The second kappa shape index (κ2) is 13.8. The molecule has 60 heavy (non-hydrogen) atoms. The van der Waals surface area contributed by atoms with Crippen LogP contribution in [-0.4, -0.2) is 9.55 Å². The first-order valence-corrected chi connectivity index (χ1v) is 20.2. The topological polar surface area (TPSA) is 47.3 Å². The highest BCUT2D eigenvalue weighted by atomic mass is 16.4. The van der Waals surface area contributed by atoms with Crippen LogP contribution in [0.4, 0.5) is 17.1 Å². The van der Waals surface area contributed by atoms with E-state index in [0.29, 0.717) is 5.89 Å². The molecule has 12 aromatic rings. The van der Waals surface area contributed by atoms with Crippen LogP contribution in [0.2, 0.25) is 0 Å². The van der Waals surface area contributed by atoms with Gasteiger partial charge >= 0.3 is 0 Å². The monoisotopic (exact) mass is 769 g/mol. The molecule has 9 aromatic carbocycles. The molecule has 0 amide bonds. The molecule has 0 spiro atoms. The Balaban J connectivity index is 1.02. The minimum atomic E-state index is 0.595. The van der Waals surface area contributed by atoms with E-state index < -0.39 is 0 Å². The van der Waals surface area contributed by atoms with Gasteiger partial charge in [0.05, 0.1) is 22.1 Å². The lowest BCUT2D eigenvalue weighted by molar-refractivity contribution is 0.619. The summed E-state index contributed by atoms with van der Waals surface area (Å²) >= 11 is 0. The standard InChI is InChI=1S/C55H35N3O2/c1-4-14-36(15-5-1)39-18-12-21-43(34-39)57(48-25-13-23-45-44-22-10-11-24-47(44)58(54(45)48)41-19-8-3-9-20-41)42-29-26-37(27-30-42)40-28-31-49-46(35-40)52-50(59-49)32-33-51-53(52)56-55(60-51)38-16-6-2-7-17-38/h1-35H. The Labute approximate surface area is 345 Å². The predicted molar refractivity (Wildman–Crippen MR) is 247 cm³/mol. The van der Waals surface area contributed by atoms with Gasteiger partial charge in [0.15, 0.2) is 5.58 Å². The minimum Gasteiger partial charge on any atom is -0.456 e. The number of aromatic nitrogens is 2. The third-order valence-corrected chi connectivity index (χ3v) is 11.6. The molecule has 0 aliphatic heterocycles. The van der Waals surface area contributed by atoms with Gasteiger partial charge in [-0.3, -0.25) is 0 Å². The summed E-state index contributed by atoms with van der Waals surface area (Å²) in [5, 5.41) is 4.38. The van der Waals surface area contributed by atoms with E-state index in [-0.39, 0.29) is 0 Å². The van der Waals surface area contributed by atoms with Gasteiger partial charge in [-0.1, -0.05) is 127 Å². The summed E-state index contributed by atoms with van der Waals surface area (Å²) in [5.41, 5.74) is 15.2. The van der Waals surface area contributed by atoms with E-state index in [1.165, 1.54) is 21.9 Å². The fourth-order valence-electron chi connectivity index (χ4n) is 8.85. The van der Waals surface area contributed by atoms with Gasteiger partial charge in [0.1, 0.15) is 16.7 Å². The van der Waals surface area contributed by atoms with Gasteiger partial charge in [0.25, 0.3) is 0 Å². The number of para-hydroxylation sites is 3. The molecule has 5 heteroatoms. The average Bonchev–Trinajstić information content (AvgIpc) is 4.02. The van der Waals surface area contributed by atoms with Crippen LogP contribution in [-0.2, 0) is 0 Å². The fraction of sp³-hybridized carbons (Fsp3) is 0. The molecule has 0 bridgehead atoms. The Hall–Kier alpha value is -8.15. The predicted octanol–water partition coefficient (Wildman–Crippen LogP) is 15.3. The lowest BCUT2D eigenvalue weighted by atomic mass is 10.0. The van der Waals surface area contributed by atoms with Crippen LogP contribution in [0.1, 0.15) is 0 Å². The van der Waals surface area contributed by atoms with Gasteiger partial charge < -0.3 is 18.3 Å². The SMILES string of the molecule is c1ccc(-c2cccc(N(c3ccc(-c4ccc5oc6ccc7oc(-c8ccccc8)nc7c6c5c4)cc3)c3cccc4c5ccccc5n(-c5ccccc5)c34)c2)cc1. The number of hydrogen-bond acceptors (Lipinski definition) is 4. The van der Waals surface area contributed by atoms with Gasteiger partial charge in [-0.15, -0.1) is 0 Å². The van der Waals surface area contributed by atoms with Gasteiger partial charge in [-0.25, -0.2) is 4.98 Å². The van der Waals surface area contributed by atoms with E-state index in [1.54, 1.807) is 0 Å². The molecule has 0 aliphatic carbocycles. The number of nitrogens with zero attached hydrogens (tertiary/aromatic N) is 3. The second-order valence-corrected chi connectivity index (χ2v) is 15.1. The quantitative estimate of drug-likeness (QED) is 0.162. The minimum absolute atomic E-state index is 0.595. The number of fused-ring (bicyclic) bond motifs is 8. The van der Waals surface area contributed by atoms with Crippen LogP contribution in [0.15, 0.2) is 221 Å². The Kier molecular flexibility index (Phi) is 7.78. The van der Waals surface area contributed by atoms with Crippen molar-refractivity contribution in [3.05, 3.63) is 212 Å². The largest absolute Gasteiger partial charge is 0.456 e. The molecule has 0 aliphatic rings. The molecule has 0 unspecified atom stereocenters. The van der Waals surface area contributed by atoms with Crippen LogP contribution >= 0.6 is 0 Å². The Morgan fingerprint density at radius 1 is 0.400 bits per heavy atom. The van der Waals surface area contributed by atoms with E-state index in [4.69, 9.17) is 13.8 Å². The second-order valence-electron chi connectivity index (χ2n) is 15.1. The Morgan fingerprint density at radius 3 is 1.83 bits per heavy atom. The van der Waals surface area contributed by atoms with Crippen LogP contribution in [0, 0.1) is 0 Å². The molecular weight excluding hydrogens is 735 g/mol. The number of oxazole rings is 1. The van der Waals surface area contributed by atoms with Crippen LogP contribution in [0.5, 0.6) is 0 Å². The summed E-state index contributed by atoms with van der Waals surface area (Å²) in [6.07, 6.45) is 0. The van der Waals surface area contributed by atoms with Crippen molar-refractivity contribution in [3.8, 4) is 39.4 Å². The summed E-state index contributed by atoms with van der Waals surface area (Å²) in [5.74, 6) is 0.595. The summed E-state index contributed by atoms with van der Waals surface area (Å²) in [6, 6.07) is 74.7. The summed E-state index contributed by atoms with van der Waals surface area (Å²) < 4.78 is 15.0. The normalized spacial score (nSPS) is 11.7. The maximum Gasteiger partial charge on any atom is 0.227 e. The molecule has 0 N–H and O–H groups in total. The van der Waals surface area contributed by atoms with Crippen LogP contribution in [0.3, 0.4) is 0 Å². The molecule has 0 fully saturated rings. The number of furan rings is 1. The highest BCUT2D eigenvalue weighted by Crippen LogP contribution is 2.45. The smallest absolute Gasteiger partial charge is 0.227 e. The lowest BCUT2D eigenvalue weighted by Crippen LogP contribution is -2.11. The van der Waals surface area contributed by atoms with Crippen molar-refractivity contribution < 1.29 is 8.83 Å². The maximum absolute atomic E-state index is 6.36. The molecule has 0 saturated carbocycles. The highest BCUT2D eigenvalue weighted by molar-refractivity contribution is 6.18. The van der Waals surface area contributed by atoms with E-state index >= 15 is 0 Å². The third-order valence-electron chi connectivity index (χ3n) is 11.6. The van der Waals surface area contributed by atoms with Gasteiger partial charge in [-0.05, 0) is 107 Å². The van der Waals surface area contributed by atoms with Crippen molar-refractivity contribution in [2.75, 3.05) is 4.90 Å². The Morgan fingerprint density at radius 2 is 1.02 bits per heavy atom. The van der Waals surface area contributed by atoms with Gasteiger partial charge in [0, 0.05) is 38.8 Å². The summed E-state index contributed by atoms with van der Waals surface area (Å²) in [6.45, 7) is 0. The molecule has 282 valence electrons. The third kappa shape index (κ3) is 5.52. The first-order valence-electron chi connectivity index (χ1n) is 20.2. The molecular formula is C55H35N3O2. The molecule has 3 aromatic heterocycles. The first-order chi connectivity index (χ1) is 29.7. The zero-order valence-corrected chi connectivity index (χ0v) is 32.4. The molecule has 0 atom stereocenters. The molecule has 0 saturated heterocycles. The lowest BCUT2D eigenvalue weighted by Gasteiger charge is -2.28. The molecule has 0 radical (unpaired) electrons. The van der Waals surface area contributed by atoms with Crippen LogP contribution in [0.25, 0.3) is 94.2 Å². The zero-order chi connectivity index (χ0) is 39.6. The van der Waals surface area contributed by atoms with E-state index in [1.807, 2.05) is 42.5 Å². The van der Waals surface area contributed by atoms with Crippen molar-refractivity contribution in [2.24, 2.45) is 0 Å². The van der Waals surface area contributed by atoms with Gasteiger partial charge in [0.2, 0.25) is 5.89 Å². The van der Waals surface area contributed by atoms with E-state index in [9.17, 15) is 0 Å². The number of anilines is 3. The van der Waals surface area contributed by atoms with E-state index in [2.05, 4.69) is 179 Å². The number of hydrogen-bond donors (Lipinski definition) is 0. The summed E-state index contributed by atoms with van der Waals surface area (Å²) in [7, 11) is 0. The van der Waals surface area contributed by atoms with Crippen molar-refractivity contribution >= 4 is 71.9 Å². The molecule has 5 nitrogen and oxygen atoms in total. The van der Waals surface area contributed by atoms with Gasteiger partial charge in [-0.2, -0.15) is 0 Å². The van der Waals surface area contributed by atoms with Crippen molar-refractivity contribution in [1.82, 2.24) is 9.55 Å². The van der Waals surface area contributed by atoms with Crippen molar-refractivity contribution in [2.45, 2.75) is 0 Å². The molecule has 3 heterocycles. The number of rotatable bonds is 7.